The number of halogens is 2. The fraction of sp³-hybridized carbons (Fsp3) is 0.350. The molecule has 0 radical (unpaired) electrons. The van der Waals surface area contributed by atoms with Crippen LogP contribution in [0.5, 0.6) is 0 Å². The zero-order valence-corrected chi connectivity index (χ0v) is 15.5. The van der Waals surface area contributed by atoms with Gasteiger partial charge in [0, 0.05) is 56.0 Å². The molecule has 1 heterocycles. The van der Waals surface area contributed by atoms with Gasteiger partial charge in [0.25, 0.3) is 5.91 Å². The molecule has 1 aliphatic rings. The number of hydrogen-bond acceptors (Lipinski definition) is 3. The van der Waals surface area contributed by atoms with Gasteiger partial charge in [-0.05, 0) is 29.8 Å². The molecule has 0 atom stereocenters. The Balaban J connectivity index is 1.60. The zero-order valence-electron chi connectivity index (χ0n) is 14.8. The Morgan fingerprint density at radius 2 is 1.88 bits per heavy atom. The van der Waals surface area contributed by atoms with Crippen molar-refractivity contribution in [1.82, 2.24) is 9.80 Å². The number of rotatable bonds is 5. The van der Waals surface area contributed by atoms with Crippen LogP contribution in [-0.2, 0) is 17.9 Å². The summed E-state index contributed by atoms with van der Waals surface area (Å²) in [7, 11) is 1.63. The van der Waals surface area contributed by atoms with E-state index in [0.717, 1.165) is 5.56 Å². The van der Waals surface area contributed by atoms with Crippen LogP contribution in [-0.4, -0.2) is 49.0 Å². The van der Waals surface area contributed by atoms with E-state index in [9.17, 15) is 9.18 Å². The van der Waals surface area contributed by atoms with Crippen molar-refractivity contribution >= 4 is 17.5 Å². The molecular formula is C20H22ClFN2O2. The van der Waals surface area contributed by atoms with E-state index in [1.54, 1.807) is 19.2 Å². The normalized spacial score (nSPS) is 15.3. The lowest BCUT2D eigenvalue weighted by Crippen LogP contribution is -2.48. The lowest BCUT2D eigenvalue weighted by Gasteiger charge is -2.35. The topological polar surface area (TPSA) is 32.8 Å². The number of methoxy groups -OCH3 is 1. The zero-order chi connectivity index (χ0) is 18.5. The maximum absolute atomic E-state index is 13.9. The molecule has 1 aliphatic heterocycles. The molecule has 3 rings (SSSR count). The van der Waals surface area contributed by atoms with E-state index in [1.165, 1.54) is 6.07 Å². The number of hydrogen-bond donors (Lipinski definition) is 0. The first-order valence-electron chi connectivity index (χ1n) is 8.61. The summed E-state index contributed by atoms with van der Waals surface area (Å²) in [6, 6.07) is 12.2. The van der Waals surface area contributed by atoms with Gasteiger partial charge in [-0.15, -0.1) is 0 Å². The van der Waals surface area contributed by atoms with E-state index in [4.69, 9.17) is 16.3 Å². The number of benzene rings is 2. The SMILES string of the molecule is COCc1cccc(C(=O)N2CCN(Cc3c(F)cccc3Cl)CC2)c1. The monoisotopic (exact) mass is 376 g/mol. The molecule has 0 aliphatic carbocycles. The van der Waals surface area contributed by atoms with Crippen LogP contribution in [0.3, 0.4) is 0 Å². The Kier molecular flexibility index (Phi) is 6.25. The Morgan fingerprint density at radius 1 is 1.15 bits per heavy atom. The number of amides is 1. The van der Waals surface area contributed by atoms with Gasteiger partial charge in [0.15, 0.2) is 0 Å². The Labute approximate surface area is 158 Å². The second-order valence-electron chi connectivity index (χ2n) is 6.40. The van der Waals surface area contributed by atoms with Crippen LogP contribution in [0.25, 0.3) is 0 Å². The summed E-state index contributed by atoms with van der Waals surface area (Å²) in [5, 5.41) is 0.443. The van der Waals surface area contributed by atoms with Gasteiger partial charge in [-0.25, -0.2) is 4.39 Å². The van der Waals surface area contributed by atoms with Gasteiger partial charge in [0.2, 0.25) is 0 Å². The fourth-order valence-corrected chi connectivity index (χ4v) is 3.38. The smallest absolute Gasteiger partial charge is 0.253 e. The third-order valence-electron chi connectivity index (χ3n) is 4.59. The van der Waals surface area contributed by atoms with Gasteiger partial charge in [-0.3, -0.25) is 9.69 Å². The van der Waals surface area contributed by atoms with Gasteiger partial charge in [0.1, 0.15) is 5.82 Å². The van der Waals surface area contributed by atoms with Crippen molar-refractivity contribution in [2.45, 2.75) is 13.2 Å². The first kappa shape index (κ1) is 18.8. The predicted octanol–water partition coefficient (Wildman–Crippen LogP) is 3.58. The molecular weight excluding hydrogens is 355 g/mol. The van der Waals surface area contributed by atoms with Crippen molar-refractivity contribution in [3.8, 4) is 0 Å². The summed E-state index contributed by atoms with van der Waals surface area (Å²) in [5.74, 6) is -0.266. The van der Waals surface area contributed by atoms with Crippen molar-refractivity contribution in [3.63, 3.8) is 0 Å². The summed E-state index contributed by atoms with van der Waals surface area (Å²) in [4.78, 5) is 16.7. The molecule has 0 spiro atoms. The van der Waals surface area contributed by atoms with Crippen LogP contribution in [0.4, 0.5) is 4.39 Å². The lowest BCUT2D eigenvalue weighted by atomic mass is 10.1. The van der Waals surface area contributed by atoms with Crippen molar-refractivity contribution in [3.05, 3.63) is 70.0 Å². The number of piperazine rings is 1. The molecule has 1 saturated heterocycles. The van der Waals surface area contributed by atoms with Crippen molar-refractivity contribution in [2.24, 2.45) is 0 Å². The van der Waals surface area contributed by atoms with Crippen LogP contribution >= 0.6 is 11.6 Å². The standard InChI is InChI=1S/C20H22ClFN2O2/c1-26-14-15-4-2-5-16(12-15)20(25)24-10-8-23(9-11-24)13-17-18(21)6-3-7-19(17)22/h2-7,12H,8-11,13-14H2,1H3. The first-order valence-corrected chi connectivity index (χ1v) is 8.98. The molecule has 0 N–H and O–H groups in total. The van der Waals surface area contributed by atoms with Gasteiger partial charge in [-0.2, -0.15) is 0 Å². The van der Waals surface area contributed by atoms with Gasteiger partial charge >= 0.3 is 0 Å². The highest BCUT2D eigenvalue weighted by atomic mass is 35.5. The van der Waals surface area contributed by atoms with Crippen LogP contribution in [0.2, 0.25) is 5.02 Å². The first-order chi connectivity index (χ1) is 12.6. The molecule has 1 fully saturated rings. The molecule has 26 heavy (non-hydrogen) atoms. The van der Waals surface area contributed by atoms with E-state index in [1.807, 2.05) is 29.2 Å². The minimum Gasteiger partial charge on any atom is -0.380 e. The average molecular weight is 377 g/mol. The molecule has 6 heteroatoms. The minimum absolute atomic E-state index is 0.0199. The highest BCUT2D eigenvalue weighted by Crippen LogP contribution is 2.21. The summed E-state index contributed by atoms with van der Waals surface area (Å²) < 4.78 is 19.1. The Bertz CT molecular complexity index is 756. The third kappa shape index (κ3) is 4.41. The number of carbonyl (C=O) groups excluding carboxylic acids is 1. The van der Waals surface area contributed by atoms with E-state index in [-0.39, 0.29) is 11.7 Å². The quantitative estimate of drug-likeness (QED) is 0.799. The third-order valence-corrected chi connectivity index (χ3v) is 4.94. The number of ether oxygens (including phenoxy) is 1. The molecule has 0 unspecified atom stereocenters. The van der Waals surface area contributed by atoms with Crippen LogP contribution in [0.1, 0.15) is 21.5 Å². The molecule has 0 aromatic heterocycles. The fourth-order valence-electron chi connectivity index (χ4n) is 3.16. The molecule has 1 amide bonds. The maximum atomic E-state index is 13.9. The number of nitrogens with zero attached hydrogens (tertiary/aromatic N) is 2. The van der Waals surface area contributed by atoms with E-state index in [2.05, 4.69) is 4.90 Å². The summed E-state index contributed by atoms with van der Waals surface area (Å²) in [6.07, 6.45) is 0. The summed E-state index contributed by atoms with van der Waals surface area (Å²) in [6.45, 7) is 3.54. The van der Waals surface area contributed by atoms with Crippen molar-refractivity contribution in [1.29, 1.82) is 0 Å². The van der Waals surface area contributed by atoms with Gasteiger partial charge in [-0.1, -0.05) is 29.8 Å². The minimum atomic E-state index is -0.286. The second-order valence-corrected chi connectivity index (χ2v) is 6.81. The van der Waals surface area contributed by atoms with Gasteiger partial charge in [0.05, 0.1) is 6.61 Å². The highest BCUT2D eigenvalue weighted by molar-refractivity contribution is 6.31. The molecule has 138 valence electrons. The molecule has 0 bridgehead atoms. The van der Waals surface area contributed by atoms with E-state index in [0.29, 0.717) is 55.5 Å². The second kappa shape index (κ2) is 8.62. The maximum Gasteiger partial charge on any atom is 0.253 e. The molecule has 2 aromatic rings. The Morgan fingerprint density at radius 3 is 2.58 bits per heavy atom. The largest absolute Gasteiger partial charge is 0.380 e. The van der Waals surface area contributed by atoms with Crippen LogP contribution in [0, 0.1) is 5.82 Å². The van der Waals surface area contributed by atoms with Crippen molar-refractivity contribution in [2.75, 3.05) is 33.3 Å². The summed E-state index contributed by atoms with van der Waals surface area (Å²) in [5.41, 5.74) is 2.16. The van der Waals surface area contributed by atoms with Crippen molar-refractivity contribution < 1.29 is 13.9 Å². The number of carbonyl (C=O) groups is 1. The molecule has 2 aromatic carbocycles. The predicted molar refractivity (Wildman–Crippen MR) is 99.7 cm³/mol. The average Bonchev–Trinajstić information content (AvgIpc) is 2.65. The summed E-state index contributed by atoms with van der Waals surface area (Å²) >= 11 is 6.11. The highest BCUT2D eigenvalue weighted by Gasteiger charge is 2.23. The molecule has 4 nitrogen and oxygen atoms in total. The van der Waals surface area contributed by atoms with E-state index < -0.39 is 0 Å². The van der Waals surface area contributed by atoms with Crippen LogP contribution in [0.15, 0.2) is 42.5 Å². The molecule has 0 saturated carbocycles. The Hall–Kier alpha value is -1.95. The van der Waals surface area contributed by atoms with Crippen LogP contribution < -0.4 is 0 Å². The lowest BCUT2D eigenvalue weighted by molar-refractivity contribution is 0.0626. The van der Waals surface area contributed by atoms with E-state index >= 15 is 0 Å². The van der Waals surface area contributed by atoms with Gasteiger partial charge < -0.3 is 9.64 Å².